The first-order chi connectivity index (χ1) is 11.2. The van der Waals surface area contributed by atoms with E-state index in [4.69, 9.17) is 11.6 Å². The van der Waals surface area contributed by atoms with Crippen molar-refractivity contribution in [2.75, 3.05) is 0 Å². The minimum atomic E-state index is 0.826. The number of hydrogen-bond acceptors (Lipinski definition) is 0. The standard InChI is InChI=1S/C21H24ClN/c1-3-5-18-15-23(21-12-11-19(22)14-20(18)21)13-4-6-17-9-7-16(2)8-10-17/h7-12,14-15H,3-6,13H2,1-2H3. The Kier molecular flexibility index (Phi) is 5.07. The maximum atomic E-state index is 6.19. The first-order valence-corrected chi connectivity index (χ1v) is 8.88. The molecule has 1 nitrogen and oxygen atoms in total. The number of hydrogen-bond donors (Lipinski definition) is 0. The molecular formula is C21H24ClN. The Balaban J connectivity index is 1.75. The highest BCUT2D eigenvalue weighted by Gasteiger charge is 2.08. The Bertz CT molecular complexity index is 783. The number of aromatic nitrogens is 1. The van der Waals surface area contributed by atoms with Gasteiger partial charge in [0.2, 0.25) is 0 Å². The number of halogens is 1. The third-order valence-corrected chi connectivity index (χ3v) is 4.67. The van der Waals surface area contributed by atoms with Crippen molar-refractivity contribution in [3.05, 3.63) is 70.4 Å². The molecule has 0 radical (unpaired) electrons. The Labute approximate surface area is 143 Å². The zero-order valence-corrected chi connectivity index (χ0v) is 14.7. The van der Waals surface area contributed by atoms with Crippen molar-refractivity contribution in [1.82, 2.24) is 4.57 Å². The van der Waals surface area contributed by atoms with E-state index in [0.29, 0.717) is 0 Å². The van der Waals surface area contributed by atoms with Gasteiger partial charge < -0.3 is 4.57 Å². The summed E-state index contributed by atoms with van der Waals surface area (Å²) >= 11 is 6.19. The zero-order valence-electron chi connectivity index (χ0n) is 14.0. The molecule has 0 aliphatic carbocycles. The normalized spacial score (nSPS) is 11.3. The zero-order chi connectivity index (χ0) is 16.2. The number of nitrogens with zero attached hydrogens (tertiary/aromatic N) is 1. The minimum Gasteiger partial charge on any atom is -0.347 e. The van der Waals surface area contributed by atoms with Crippen LogP contribution in [-0.2, 0) is 19.4 Å². The maximum absolute atomic E-state index is 6.19. The summed E-state index contributed by atoms with van der Waals surface area (Å²) in [5.74, 6) is 0. The van der Waals surface area contributed by atoms with Crippen LogP contribution in [0.25, 0.3) is 10.9 Å². The van der Waals surface area contributed by atoms with E-state index < -0.39 is 0 Å². The van der Waals surface area contributed by atoms with Gasteiger partial charge in [-0.25, -0.2) is 0 Å². The molecule has 0 atom stereocenters. The SMILES string of the molecule is CCCc1cn(CCCc2ccc(C)cc2)c2ccc(Cl)cc12. The molecule has 0 unspecified atom stereocenters. The lowest BCUT2D eigenvalue weighted by Crippen LogP contribution is -1.98. The van der Waals surface area contributed by atoms with E-state index in [1.807, 2.05) is 6.07 Å². The van der Waals surface area contributed by atoms with Crippen molar-refractivity contribution >= 4 is 22.5 Å². The fourth-order valence-corrected chi connectivity index (χ4v) is 3.38. The second kappa shape index (κ2) is 7.23. The second-order valence-corrected chi connectivity index (χ2v) is 6.78. The van der Waals surface area contributed by atoms with Gasteiger partial charge in [0.15, 0.2) is 0 Å². The van der Waals surface area contributed by atoms with Crippen molar-refractivity contribution in [3.8, 4) is 0 Å². The van der Waals surface area contributed by atoms with Crippen molar-refractivity contribution in [3.63, 3.8) is 0 Å². The van der Waals surface area contributed by atoms with Gasteiger partial charge in [-0.15, -0.1) is 0 Å². The summed E-state index contributed by atoms with van der Waals surface area (Å²) in [5, 5.41) is 2.14. The predicted octanol–water partition coefficient (Wildman–Crippen LogP) is 6.19. The van der Waals surface area contributed by atoms with Gasteiger partial charge in [0, 0.05) is 28.7 Å². The van der Waals surface area contributed by atoms with E-state index in [-0.39, 0.29) is 0 Å². The van der Waals surface area contributed by atoms with Crippen LogP contribution in [-0.4, -0.2) is 4.57 Å². The molecule has 0 aliphatic rings. The fraction of sp³-hybridized carbons (Fsp3) is 0.333. The van der Waals surface area contributed by atoms with Crippen LogP contribution in [0.4, 0.5) is 0 Å². The Morgan fingerprint density at radius 3 is 2.52 bits per heavy atom. The predicted molar refractivity (Wildman–Crippen MR) is 100 cm³/mol. The van der Waals surface area contributed by atoms with Crippen molar-refractivity contribution < 1.29 is 0 Å². The van der Waals surface area contributed by atoms with Crippen molar-refractivity contribution in [1.29, 1.82) is 0 Å². The molecule has 2 heteroatoms. The Morgan fingerprint density at radius 1 is 1.00 bits per heavy atom. The minimum absolute atomic E-state index is 0.826. The molecule has 3 aromatic rings. The number of aryl methyl sites for hydroxylation is 4. The summed E-state index contributed by atoms with van der Waals surface area (Å²) in [5.41, 5.74) is 5.47. The molecule has 23 heavy (non-hydrogen) atoms. The van der Waals surface area contributed by atoms with Crippen molar-refractivity contribution in [2.24, 2.45) is 0 Å². The van der Waals surface area contributed by atoms with E-state index in [2.05, 4.69) is 61.0 Å². The molecule has 1 heterocycles. The smallest absolute Gasteiger partial charge is 0.0484 e. The van der Waals surface area contributed by atoms with Gasteiger partial charge in [0.1, 0.15) is 0 Å². The van der Waals surface area contributed by atoms with Gasteiger partial charge in [-0.3, -0.25) is 0 Å². The largest absolute Gasteiger partial charge is 0.347 e. The summed E-state index contributed by atoms with van der Waals surface area (Å²) in [6, 6.07) is 15.1. The molecule has 0 fully saturated rings. The topological polar surface area (TPSA) is 4.93 Å². The van der Waals surface area contributed by atoms with Crippen LogP contribution in [0.3, 0.4) is 0 Å². The maximum Gasteiger partial charge on any atom is 0.0484 e. The summed E-state index contributed by atoms with van der Waals surface area (Å²) in [4.78, 5) is 0. The fourth-order valence-electron chi connectivity index (χ4n) is 3.20. The van der Waals surface area contributed by atoms with E-state index in [9.17, 15) is 0 Å². The molecule has 2 aromatic carbocycles. The van der Waals surface area contributed by atoms with Crippen LogP contribution in [0.1, 0.15) is 36.5 Å². The van der Waals surface area contributed by atoms with Gasteiger partial charge in [-0.2, -0.15) is 0 Å². The van der Waals surface area contributed by atoms with Crippen LogP contribution in [0.15, 0.2) is 48.7 Å². The molecule has 0 saturated heterocycles. The average Bonchev–Trinajstić information content (AvgIpc) is 2.87. The monoisotopic (exact) mass is 325 g/mol. The summed E-state index contributed by atoms with van der Waals surface area (Å²) in [6.07, 6.45) is 6.87. The summed E-state index contributed by atoms with van der Waals surface area (Å²) in [6.45, 7) is 5.41. The van der Waals surface area contributed by atoms with E-state index in [1.54, 1.807) is 0 Å². The molecule has 0 bridgehead atoms. The average molecular weight is 326 g/mol. The molecule has 0 amide bonds. The van der Waals surface area contributed by atoms with Crippen LogP contribution < -0.4 is 0 Å². The first-order valence-electron chi connectivity index (χ1n) is 8.50. The third kappa shape index (κ3) is 3.79. The lowest BCUT2D eigenvalue weighted by Gasteiger charge is -2.06. The molecule has 3 rings (SSSR count). The number of fused-ring (bicyclic) bond motifs is 1. The van der Waals surface area contributed by atoms with Crippen LogP contribution in [0.2, 0.25) is 5.02 Å². The van der Waals surface area contributed by atoms with Crippen LogP contribution in [0, 0.1) is 6.92 Å². The highest BCUT2D eigenvalue weighted by Crippen LogP contribution is 2.26. The van der Waals surface area contributed by atoms with Gasteiger partial charge in [-0.1, -0.05) is 54.8 Å². The molecule has 0 aliphatic heterocycles. The second-order valence-electron chi connectivity index (χ2n) is 6.35. The molecule has 0 saturated carbocycles. The van der Waals surface area contributed by atoms with Gasteiger partial charge in [-0.05, 0) is 55.5 Å². The van der Waals surface area contributed by atoms with Crippen molar-refractivity contribution in [2.45, 2.75) is 46.1 Å². The summed E-state index contributed by atoms with van der Waals surface area (Å²) < 4.78 is 2.39. The van der Waals surface area contributed by atoms with Gasteiger partial charge >= 0.3 is 0 Å². The third-order valence-electron chi connectivity index (χ3n) is 4.43. The van der Waals surface area contributed by atoms with Gasteiger partial charge in [0.05, 0.1) is 0 Å². The van der Waals surface area contributed by atoms with Gasteiger partial charge in [0.25, 0.3) is 0 Å². The first kappa shape index (κ1) is 16.1. The molecular weight excluding hydrogens is 302 g/mol. The molecule has 0 N–H and O–H groups in total. The van der Waals surface area contributed by atoms with Crippen LogP contribution >= 0.6 is 11.6 Å². The van der Waals surface area contributed by atoms with Crippen LogP contribution in [0.5, 0.6) is 0 Å². The van der Waals surface area contributed by atoms with E-state index in [1.165, 1.54) is 27.6 Å². The molecule has 1 aromatic heterocycles. The lowest BCUT2D eigenvalue weighted by atomic mass is 10.1. The highest BCUT2D eigenvalue weighted by molar-refractivity contribution is 6.31. The Hall–Kier alpha value is -1.73. The number of benzene rings is 2. The quantitative estimate of drug-likeness (QED) is 0.509. The number of rotatable bonds is 6. The molecule has 0 spiro atoms. The lowest BCUT2D eigenvalue weighted by molar-refractivity contribution is 0.659. The summed E-state index contributed by atoms with van der Waals surface area (Å²) in [7, 11) is 0. The highest BCUT2D eigenvalue weighted by atomic mass is 35.5. The van der Waals surface area contributed by atoms with E-state index >= 15 is 0 Å². The molecule has 120 valence electrons. The van der Waals surface area contributed by atoms with E-state index in [0.717, 1.165) is 37.3 Å². The Morgan fingerprint density at radius 2 is 1.78 bits per heavy atom.